The number of halogens is 2. The van der Waals surface area contributed by atoms with E-state index in [1.807, 2.05) is 0 Å². The number of rotatable bonds is 4. The fourth-order valence-corrected chi connectivity index (χ4v) is 3.41. The topological polar surface area (TPSA) is 72.2 Å². The van der Waals surface area contributed by atoms with Crippen molar-refractivity contribution in [3.63, 3.8) is 0 Å². The molecule has 0 saturated carbocycles. The van der Waals surface area contributed by atoms with Crippen LogP contribution in [0, 0.1) is 0 Å². The highest BCUT2D eigenvalue weighted by Gasteiger charge is 2.16. The van der Waals surface area contributed by atoms with E-state index in [0.717, 1.165) is 0 Å². The molecule has 0 aromatic heterocycles. The van der Waals surface area contributed by atoms with E-state index in [1.54, 1.807) is 30.3 Å². The molecule has 106 valence electrons. The summed E-state index contributed by atoms with van der Waals surface area (Å²) in [5, 5.41) is 0.900. The van der Waals surface area contributed by atoms with Gasteiger partial charge in [-0.15, -0.1) is 0 Å². The van der Waals surface area contributed by atoms with Crippen LogP contribution in [0.25, 0.3) is 0 Å². The quantitative estimate of drug-likeness (QED) is 0.846. The molecule has 4 nitrogen and oxygen atoms in total. The van der Waals surface area contributed by atoms with Gasteiger partial charge in [-0.05, 0) is 35.9 Å². The van der Waals surface area contributed by atoms with Gasteiger partial charge in [0.25, 0.3) is 0 Å². The van der Waals surface area contributed by atoms with Crippen LogP contribution in [0.2, 0.25) is 10.0 Å². The molecule has 0 aliphatic carbocycles. The Balaban J connectivity index is 2.20. The van der Waals surface area contributed by atoms with Gasteiger partial charge in [-0.3, -0.25) is 0 Å². The maximum Gasteiger partial charge on any atom is 0.242 e. The average molecular weight is 331 g/mol. The Kier molecular flexibility index (Phi) is 4.55. The first-order valence-electron chi connectivity index (χ1n) is 5.67. The zero-order chi connectivity index (χ0) is 14.8. The smallest absolute Gasteiger partial charge is 0.242 e. The maximum absolute atomic E-state index is 12.1. The van der Waals surface area contributed by atoms with E-state index in [0.29, 0.717) is 15.6 Å². The van der Waals surface area contributed by atoms with Gasteiger partial charge in [-0.25, -0.2) is 13.1 Å². The van der Waals surface area contributed by atoms with Crippen molar-refractivity contribution < 1.29 is 8.42 Å². The lowest BCUT2D eigenvalue weighted by molar-refractivity contribution is 0.582. The Morgan fingerprint density at radius 3 is 2.25 bits per heavy atom. The standard InChI is InChI=1S/C13H12Cl2N2O2S/c14-10-5-9(6-11(15)7-10)8-17-20(18,19)13-4-2-1-3-12(13)16/h1-7,17H,8,16H2. The van der Waals surface area contributed by atoms with Crippen molar-refractivity contribution in [2.75, 3.05) is 5.73 Å². The van der Waals surface area contributed by atoms with Crippen molar-refractivity contribution in [3.05, 3.63) is 58.1 Å². The number of anilines is 1. The summed E-state index contributed by atoms with van der Waals surface area (Å²) in [4.78, 5) is 0.0492. The number of hydrogen-bond donors (Lipinski definition) is 2. The first kappa shape index (κ1) is 15.1. The lowest BCUT2D eigenvalue weighted by atomic mass is 10.2. The summed E-state index contributed by atoms with van der Waals surface area (Å²) in [5.41, 5.74) is 6.53. The van der Waals surface area contributed by atoms with Crippen molar-refractivity contribution in [1.29, 1.82) is 0 Å². The van der Waals surface area contributed by atoms with Gasteiger partial charge in [0.15, 0.2) is 0 Å². The third-order valence-electron chi connectivity index (χ3n) is 2.60. The third-order valence-corrected chi connectivity index (χ3v) is 4.51. The highest BCUT2D eigenvalue weighted by molar-refractivity contribution is 7.89. The normalized spacial score (nSPS) is 11.5. The summed E-state index contributed by atoms with van der Waals surface area (Å²) in [6.45, 7) is 0.0803. The SMILES string of the molecule is Nc1ccccc1S(=O)(=O)NCc1cc(Cl)cc(Cl)c1. The van der Waals surface area contributed by atoms with Crippen LogP contribution in [-0.2, 0) is 16.6 Å². The molecule has 0 radical (unpaired) electrons. The van der Waals surface area contributed by atoms with Crippen LogP contribution in [0.4, 0.5) is 5.69 Å². The second-order valence-corrected chi connectivity index (χ2v) is 6.75. The molecule has 0 aliphatic rings. The number of hydrogen-bond acceptors (Lipinski definition) is 3. The Bertz CT molecular complexity index is 713. The van der Waals surface area contributed by atoms with E-state index in [-0.39, 0.29) is 17.1 Å². The molecule has 0 atom stereocenters. The minimum absolute atomic E-state index is 0.0492. The minimum Gasteiger partial charge on any atom is -0.398 e. The van der Waals surface area contributed by atoms with E-state index >= 15 is 0 Å². The molecule has 0 spiro atoms. The molecule has 0 saturated heterocycles. The molecular formula is C13H12Cl2N2O2S. The number of nitrogens with two attached hydrogens (primary N) is 1. The molecule has 0 amide bonds. The first-order chi connectivity index (χ1) is 9.38. The van der Waals surface area contributed by atoms with Crippen molar-refractivity contribution >= 4 is 38.9 Å². The predicted octanol–water partition coefficient (Wildman–Crippen LogP) is 3.05. The van der Waals surface area contributed by atoms with E-state index in [4.69, 9.17) is 28.9 Å². The molecule has 0 heterocycles. The molecule has 0 fully saturated rings. The van der Waals surface area contributed by atoms with Crippen molar-refractivity contribution in [1.82, 2.24) is 4.72 Å². The van der Waals surface area contributed by atoms with Crippen molar-refractivity contribution in [2.45, 2.75) is 11.4 Å². The second kappa shape index (κ2) is 6.01. The first-order valence-corrected chi connectivity index (χ1v) is 7.91. The van der Waals surface area contributed by atoms with Crippen LogP contribution in [0.3, 0.4) is 0 Å². The Labute approximate surface area is 127 Å². The summed E-state index contributed by atoms with van der Waals surface area (Å²) >= 11 is 11.7. The van der Waals surface area contributed by atoms with Gasteiger partial charge >= 0.3 is 0 Å². The fourth-order valence-electron chi connectivity index (χ4n) is 1.69. The van der Waals surface area contributed by atoms with Gasteiger partial charge in [0, 0.05) is 16.6 Å². The zero-order valence-corrected chi connectivity index (χ0v) is 12.6. The van der Waals surface area contributed by atoms with Gasteiger partial charge in [0.05, 0.1) is 5.69 Å². The minimum atomic E-state index is -3.68. The van der Waals surface area contributed by atoms with Gasteiger partial charge in [0.2, 0.25) is 10.0 Å². The van der Waals surface area contributed by atoms with Crippen LogP contribution in [0.15, 0.2) is 47.4 Å². The second-order valence-electron chi connectivity index (χ2n) is 4.14. The van der Waals surface area contributed by atoms with Crippen LogP contribution in [-0.4, -0.2) is 8.42 Å². The number of benzene rings is 2. The van der Waals surface area contributed by atoms with Crippen LogP contribution < -0.4 is 10.5 Å². The number of nitrogen functional groups attached to an aromatic ring is 1. The number of sulfonamides is 1. The van der Waals surface area contributed by atoms with Gasteiger partial charge in [-0.2, -0.15) is 0 Å². The van der Waals surface area contributed by atoms with Crippen molar-refractivity contribution in [2.24, 2.45) is 0 Å². The van der Waals surface area contributed by atoms with E-state index in [1.165, 1.54) is 12.1 Å². The van der Waals surface area contributed by atoms with E-state index in [2.05, 4.69) is 4.72 Å². The van der Waals surface area contributed by atoms with Gasteiger partial charge in [0.1, 0.15) is 4.90 Å². The van der Waals surface area contributed by atoms with Crippen molar-refractivity contribution in [3.8, 4) is 0 Å². The monoisotopic (exact) mass is 330 g/mol. The lowest BCUT2D eigenvalue weighted by Gasteiger charge is -2.09. The third kappa shape index (κ3) is 3.64. The molecule has 2 rings (SSSR count). The molecule has 0 aliphatic heterocycles. The maximum atomic E-state index is 12.1. The Hall–Kier alpha value is -1.27. The fraction of sp³-hybridized carbons (Fsp3) is 0.0769. The average Bonchev–Trinajstić information content (AvgIpc) is 2.36. The summed E-state index contributed by atoms with van der Waals surface area (Å²) in [7, 11) is -3.68. The molecular weight excluding hydrogens is 319 g/mol. The Morgan fingerprint density at radius 2 is 1.65 bits per heavy atom. The van der Waals surface area contributed by atoms with Crippen LogP contribution >= 0.6 is 23.2 Å². The van der Waals surface area contributed by atoms with Crippen LogP contribution in [0.1, 0.15) is 5.56 Å². The molecule has 0 unspecified atom stereocenters. The molecule has 7 heteroatoms. The predicted molar refractivity (Wildman–Crippen MR) is 81.3 cm³/mol. The highest BCUT2D eigenvalue weighted by atomic mass is 35.5. The highest BCUT2D eigenvalue weighted by Crippen LogP contribution is 2.20. The molecule has 2 aromatic carbocycles. The van der Waals surface area contributed by atoms with Gasteiger partial charge in [-0.1, -0.05) is 35.3 Å². The summed E-state index contributed by atoms with van der Waals surface area (Å²) in [6, 6.07) is 11.1. The summed E-state index contributed by atoms with van der Waals surface area (Å²) in [5.74, 6) is 0. The Morgan fingerprint density at radius 1 is 1.05 bits per heavy atom. The molecule has 3 N–H and O–H groups in total. The summed E-state index contributed by atoms with van der Waals surface area (Å²) < 4.78 is 26.7. The number of nitrogens with one attached hydrogen (secondary N) is 1. The zero-order valence-electron chi connectivity index (χ0n) is 10.3. The van der Waals surface area contributed by atoms with Gasteiger partial charge < -0.3 is 5.73 Å². The van der Waals surface area contributed by atoms with E-state index in [9.17, 15) is 8.42 Å². The summed E-state index contributed by atoms with van der Waals surface area (Å²) in [6.07, 6.45) is 0. The largest absolute Gasteiger partial charge is 0.398 e. The number of para-hydroxylation sites is 1. The molecule has 20 heavy (non-hydrogen) atoms. The van der Waals surface area contributed by atoms with E-state index < -0.39 is 10.0 Å². The van der Waals surface area contributed by atoms with Crippen LogP contribution in [0.5, 0.6) is 0 Å². The molecule has 0 bridgehead atoms. The molecule has 2 aromatic rings. The lowest BCUT2D eigenvalue weighted by Crippen LogP contribution is -2.24.